The van der Waals surface area contributed by atoms with Gasteiger partial charge in [-0.3, -0.25) is 14.6 Å². The predicted molar refractivity (Wildman–Crippen MR) is 118 cm³/mol. The van der Waals surface area contributed by atoms with Crippen LogP contribution in [0.25, 0.3) is 0 Å². The summed E-state index contributed by atoms with van der Waals surface area (Å²) in [5, 5.41) is 0. The van der Waals surface area contributed by atoms with Crippen molar-refractivity contribution in [2.45, 2.75) is 57.3 Å². The molecule has 1 spiro atoms. The van der Waals surface area contributed by atoms with Crippen molar-refractivity contribution >= 4 is 5.97 Å². The minimum atomic E-state index is 0.0490. The number of carbonyl (C=O) groups is 1. The van der Waals surface area contributed by atoms with Crippen molar-refractivity contribution in [3.05, 3.63) is 35.9 Å². The Morgan fingerprint density at radius 2 is 1.81 bits per heavy atom. The standard InChI is InChI=1S/C26H36N2O3/c1-25-8-5-9-26(18-30-26)23(25)14-20-21(24(29)31-22(20)15-25)17-28-12-10-27(11-13-28)16-19-6-3-2-4-7-19/h2-4,6-7,20-23H,5,8-18H2,1H3/t20-,21+,22+,23+,25+,26-/m0/s1. The van der Waals surface area contributed by atoms with Gasteiger partial charge in [0.1, 0.15) is 6.10 Å². The number of fused-ring (bicyclic) bond motifs is 3. The van der Waals surface area contributed by atoms with E-state index in [1.807, 2.05) is 0 Å². The van der Waals surface area contributed by atoms with E-state index >= 15 is 0 Å². The molecule has 5 nitrogen and oxygen atoms in total. The van der Waals surface area contributed by atoms with Crippen LogP contribution < -0.4 is 0 Å². The molecule has 0 N–H and O–H groups in total. The van der Waals surface area contributed by atoms with Gasteiger partial charge < -0.3 is 9.47 Å². The van der Waals surface area contributed by atoms with Gasteiger partial charge in [-0.25, -0.2) is 0 Å². The third-order valence-electron chi connectivity index (χ3n) is 9.25. The Labute approximate surface area is 186 Å². The lowest BCUT2D eigenvalue weighted by molar-refractivity contribution is -0.147. The number of hydrogen-bond donors (Lipinski definition) is 0. The van der Waals surface area contributed by atoms with Gasteiger partial charge in [-0.05, 0) is 49.0 Å². The van der Waals surface area contributed by atoms with E-state index in [1.165, 1.54) is 24.8 Å². The maximum absolute atomic E-state index is 12.9. The fraction of sp³-hybridized carbons (Fsp3) is 0.731. The molecule has 2 aliphatic carbocycles. The highest BCUT2D eigenvalue weighted by molar-refractivity contribution is 5.75. The number of hydrogen-bond acceptors (Lipinski definition) is 5. The quantitative estimate of drug-likeness (QED) is 0.548. The summed E-state index contributed by atoms with van der Waals surface area (Å²) in [6, 6.07) is 10.7. The Kier molecular flexibility index (Phi) is 4.93. The summed E-state index contributed by atoms with van der Waals surface area (Å²) in [5.74, 6) is 1.10. The third kappa shape index (κ3) is 3.63. The Balaban J connectivity index is 1.08. The second kappa shape index (κ2) is 7.57. The van der Waals surface area contributed by atoms with Gasteiger partial charge in [0.2, 0.25) is 0 Å². The number of nitrogens with zero attached hydrogens (tertiary/aromatic N) is 2. The van der Waals surface area contributed by atoms with Crippen LogP contribution in [0.3, 0.4) is 0 Å². The number of piperazine rings is 1. The minimum Gasteiger partial charge on any atom is -0.462 e. The lowest BCUT2D eigenvalue weighted by Gasteiger charge is -2.51. The summed E-state index contributed by atoms with van der Waals surface area (Å²) in [4.78, 5) is 18.0. The number of benzene rings is 1. The van der Waals surface area contributed by atoms with Gasteiger partial charge in [0, 0.05) is 45.2 Å². The van der Waals surface area contributed by atoms with Crippen molar-refractivity contribution in [2.24, 2.45) is 23.2 Å². The lowest BCUT2D eigenvalue weighted by atomic mass is 9.53. The maximum Gasteiger partial charge on any atom is 0.310 e. The summed E-state index contributed by atoms with van der Waals surface area (Å²) in [6.45, 7) is 9.50. The van der Waals surface area contributed by atoms with Gasteiger partial charge in [-0.15, -0.1) is 0 Å². The Bertz CT molecular complexity index is 817. The average molecular weight is 425 g/mol. The maximum atomic E-state index is 12.9. The first-order chi connectivity index (χ1) is 15.0. The summed E-state index contributed by atoms with van der Waals surface area (Å²) in [6.07, 6.45) is 6.03. The van der Waals surface area contributed by atoms with Crippen LogP contribution in [0.1, 0.15) is 44.6 Å². The van der Waals surface area contributed by atoms with Crippen LogP contribution in [0.5, 0.6) is 0 Å². The molecule has 31 heavy (non-hydrogen) atoms. The zero-order chi connectivity index (χ0) is 21.1. The van der Waals surface area contributed by atoms with E-state index in [2.05, 4.69) is 47.1 Å². The van der Waals surface area contributed by atoms with E-state index in [0.29, 0.717) is 11.8 Å². The molecule has 1 aromatic rings. The summed E-state index contributed by atoms with van der Waals surface area (Å²) < 4.78 is 12.1. The van der Waals surface area contributed by atoms with Crippen LogP contribution in [0, 0.1) is 23.2 Å². The number of epoxide rings is 1. The smallest absolute Gasteiger partial charge is 0.310 e. The molecule has 3 aliphatic heterocycles. The van der Waals surface area contributed by atoms with Crippen molar-refractivity contribution in [1.29, 1.82) is 0 Å². The molecule has 2 saturated carbocycles. The first-order valence-electron chi connectivity index (χ1n) is 12.4. The van der Waals surface area contributed by atoms with Crippen LogP contribution in [-0.4, -0.2) is 66.8 Å². The van der Waals surface area contributed by atoms with Gasteiger partial charge in [0.05, 0.1) is 18.1 Å². The largest absolute Gasteiger partial charge is 0.462 e. The molecule has 5 heteroatoms. The van der Waals surface area contributed by atoms with Crippen molar-refractivity contribution < 1.29 is 14.3 Å². The molecule has 6 rings (SSSR count). The molecule has 3 saturated heterocycles. The molecule has 5 aliphatic rings. The van der Waals surface area contributed by atoms with Crippen molar-refractivity contribution in [1.82, 2.24) is 9.80 Å². The molecule has 0 unspecified atom stereocenters. The monoisotopic (exact) mass is 424 g/mol. The van der Waals surface area contributed by atoms with E-state index in [9.17, 15) is 4.79 Å². The first kappa shape index (κ1) is 20.2. The van der Waals surface area contributed by atoms with Gasteiger partial charge in [0.25, 0.3) is 0 Å². The van der Waals surface area contributed by atoms with Gasteiger partial charge >= 0.3 is 5.97 Å². The molecule has 0 aromatic heterocycles. The minimum absolute atomic E-state index is 0.0490. The zero-order valence-electron chi connectivity index (χ0n) is 18.8. The molecule has 1 aromatic carbocycles. The summed E-state index contributed by atoms with van der Waals surface area (Å²) in [7, 11) is 0. The van der Waals surface area contributed by atoms with E-state index in [0.717, 1.165) is 58.7 Å². The van der Waals surface area contributed by atoms with Gasteiger partial charge in [-0.1, -0.05) is 37.3 Å². The van der Waals surface area contributed by atoms with Crippen LogP contribution in [0.15, 0.2) is 30.3 Å². The predicted octanol–water partition coefficient (Wildman–Crippen LogP) is 3.33. The second-order valence-corrected chi connectivity index (χ2v) is 11.2. The molecule has 0 radical (unpaired) electrons. The lowest BCUT2D eigenvalue weighted by Crippen LogP contribution is -2.52. The van der Waals surface area contributed by atoms with Crippen molar-refractivity contribution in [2.75, 3.05) is 39.3 Å². The highest BCUT2D eigenvalue weighted by Gasteiger charge is 2.65. The third-order valence-corrected chi connectivity index (χ3v) is 9.25. The van der Waals surface area contributed by atoms with Gasteiger partial charge in [-0.2, -0.15) is 0 Å². The number of carbonyl (C=O) groups excluding carboxylic acids is 1. The van der Waals surface area contributed by atoms with Crippen LogP contribution >= 0.6 is 0 Å². The topological polar surface area (TPSA) is 45.3 Å². The van der Waals surface area contributed by atoms with Crippen LogP contribution in [-0.2, 0) is 20.8 Å². The molecular weight excluding hydrogens is 388 g/mol. The molecule has 3 heterocycles. The highest BCUT2D eigenvalue weighted by Crippen LogP contribution is 2.62. The Hall–Kier alpha value is -1.43. The zero-order valence-corrected chi connectivity index (χ0v) is 18.8. The SMILES string of the molecule is C[C@]12CCC[C@]3(CO3)[C@@H]1C[C@@H]1[C@@H](C2)OC(=O)[C@@H]1CN1CCN(Cc2ccccc2)CC1. The van der Waals surface area contributed by atoms with E-state index in [4.69, 9.17) is 9.47 Å². The molecular formula is C26H36N2O3. The number of ether oxygens (including phenoxy) is 2. The normalized spacial score (nSPS) is 42.8. The fourth-order valence-corrected chi connectivity index (χ4v) is 7.42. The van der Waals surface area contributed by atoms with E-state index < -0.39 is 0 Å². The second-order valence-electron chi connectivity index (χ2n) is 11.2. The van der Waals surface area contributed by atoms with Gasteiger partial charge in [0.15, 0.2) is 0 Å². The summed E-state index contributed by atoms with van der Waals surface area (Å²) >= 11 is 0. The van der Waals surface area contributed by atoms with E-state index in [1.54, 1.807) is 0 Å². The summed E-state index contributed by atoms with van der Waals surface area (Å²) in [5.41, 5.74) is 1.80. The molecule has 6 atom stereocenters. The molecule has 5 fully saturated rings. The highest BCUT2D eigenvalue weighted by atomic mass is 16.6. The van der Waals surface area contributed by atoms with Crippen LogP contribution in [0.4, 0.5) is 0 Å². The van der Waals surface area contributed by atoms with Crippen molar-refractivity contribution in [3.63, 3.8) is 0 Å². The number of rotatable bonds is 4. The number of esters is 1. The molecule has 0 amide bonds. The molecule has 168 valence electrons. The Morgan fingerprint density at radius 1 is 1.06 bits per heavy atom. The average Bonchev–Trinajstić information content (AvgIpc) is 3.47. The van der Waals surface area contributed by atoms with E-state index in [-0.39, 0.29) is 29.0 Å². The van der Waals surface area contributed by atoms with Crippen LogP contribution in [0.2, 0.25) is 0 Å². The van der Waals surface area contributed by atoms with Crippen molar-refractivity contribution in [3.8, 4) is 0 Å². The molecule has 0 bridgehead atoms. The Morgan fingerprint density at radius 3 is 2.55 bits per heavy atom. The first-order valence-corrected chi connectivity index (χ1v) is 12.4. The fourth-order valence-electron chi connectivity index (χ4n) is 7.42.